The van der Waals surface area contributed by atoms with Crippen LogP contribution in [0.4, 0.5) is 0 Å². The summed E-state index contributed by atoms with van der Waals surface area (Å²) in [6.45, 7) is 5.37. The zero-order valence-corrected chi connectivity index (χ0v) is 15.0. The smallest absolute Gasteiger partial charge is 0.291 e. The average molecular weight is 357 g/mol. The molecule has 0 amide bonds. The van der Waals surface area contributed by atoms with Gasteiger partial charge in [-0.05, 0) is 0 Å². The van der Waals surface area contributed by atoms with E-state index in [9.17, 15) is 4.79 Å². The summed E-state index contributed by atoms with van der Waals surface area (Å²) in [6, 6.07) is 3.67. The van der Waals surface area contributed by atoms with Gasteiger partial charge < -0.3 is 19.8 Å². The van der Waals surface area contributed by atoms with Gasteiger partial charge in [0.25, 0.3) is 5.56 Å². The highest BCUT2D eigenvalue weighted by Crippen LogP contribution is 2.35. The number of nitrogens with one attached hydrogen (secondary N) is 2. The SMILES string of the molecule is COc1cc(OC)c2c(c1)[nH]c1c(=O)n(CCN3CCNCC3)ncc12. The van der Waals surface area contributed by atoms with Gasteiger partial charge in [-0.15, -0.1) is 0 Å². The summed E-state index contributed by atoms with van der Waals surface area (Å²) in [5, 5.41) is 9.33. The first-order valence-corrected chi connectivity index (χ1v) is 8.78. The van der Waals surface area contributed by atoms with Gasteiger partial charge in [0.2, 0.25) is 0 Å². The zero-order chi connectivity index (χ0) is 18.1. The topological polar surface area (TPSA) is 84.4 Å². The first kappa shape index (κ1) is 16.9. The zero-order valence-electron chi connectivity index (χ0n) is 15.0. The number of aromatic nitrogens is 3. The number of methoxy groups -OCH3 is 2. The molecule has 8 heteroatoms. The van der Waals surface area contributed by atoms with E-state index in [2.05, 4.69) is 20.3 Å². The van der Waals surface area contributed by atoms with Crippen LogP contribution in [0.2, 0.25) is 0 Å². The lowest BCUT2D eigenvalue weighted by Crippen LogP contribution is -2.45. The number of benzene rings is 1. The third-order valence-corrected chi connectivity index (χ3v) is 4.94. The molecule has 26 heavy (non-hydrogen) atoms. The highest BCUT2D eigenvalue weighted by molar-refractivity contribution is 6.10. The Bertz CT molecular complexity index is 988. The van der Waals surface area contributed by atoms with Gasteiger partial charge in [-0.1, -0.05) is 0 Å². The van der Waals surface area contributed by atoms with Gasteiger partial charge in [0, 0.05) is 50.2 Å². The van der Waals surface area contributed by atoms with Crippen molar-refractivity contribution in [2.24, 2.45) is 0 Å². The third-order valence-electron chi connectivity index (χ3n) is 4.94. The summed E-state index contributed by atoms with van der Waals surface area (Å²) in [6.07, 6.45) is 1.74. The summed E-state index contributed by atoms with van der Waals surface area (Å²) in [4.78, 5) is 18.4. The van der Waals surface area contributed by atoms with E-state index in [1.54, 1.807) is 20.4 Å². The minimum atomic E-state index is -0.116. The number of aromatic amines is 1. The van der Waals surface area contributed by atoms with E-state index in [1.165, 1.54) is 4.68 Å². The molecule has 2 aromatic heterocycles. The van der Waals surface area contributed by atoms with Crippen molar-refractivity contribution < 1.29 is 9.47 Å². The van der Waals surface area contributed by atoms with E-state index in [0.717, 1.165) is 49.0 Å². The van der Waals surface area contributed by atoms with Crippen LogP contribution in [0.1, 0.15) is 0 Å². The van der Waals surface area contributed by atoms with Crippen LogP contribution in [0.5, 0.6) is 11.5 Å². The number of rotatable bonds is 5. The van der Waals surface area contributed by atoms with Gasteiger partial charge >= 0.3 is 0 Å². The number of hydrogen-bond donors (Lipinski definition) is 2. The fraction of sp³-hybridized carbons (Fsp3) is 0.444. The summed E-state index contributed by atoms with van der Waals surface area (Å²) in [5.74, 6) is 1.33. The lowest BCUT2D eigenvalue weighted by Gasteiger charge is -2.26. The largest absolute Gasteiger partial charge is 0.497 e. The molecule has 1 aliphatic rings. The average Bonchev–Trinajstić information content (AvgIpc) is 3.07. The Labute approximate surface area is 150 Å². The van der Waals surface area contributed by atoms with Crippen molar-refractivity contribution in [1.29, 1.82) is 0 Å². The second kappa shape index (κ2) is 6.97. The van der Waals surface area contributed by atoms with Crippen molar-refractivity contribution in [3.63, 3.8) is 0 Å². The number of nitrogens with zero attached hydrogens (tertiary/aromatic N) is 3. The Hall–Kier alpha value is -2.58. The van der Waals surface area contributed by atoms with E-state index in [-0.39, 0.29) is 5.56 Å². The molecule has 1 aliphatic heterocycles. The fourth-order valence-electron chi connectivity index (χ4n) is 3.51. The predicted octanol–water partition coefficient (Wildman–Crippen LogP) is 0.800. The van der Waals surface area contributed by atoms with Crippen LogP contribution >= 0.6 is 0 Å². The van der Waals surface area contributed by atoms with E-state index >= 15 is 0 Å². The minimum absolute atomic E-state index is 0.116. The van der Waals surface area contributed by atoms with Crippen molar-refractivity contribution in [3.05, 3.63) is 28.7 Å². The van der Waals surface area contributed by atoms with Crippen LogP contribution in [-0.4, -0.2) is 66.6 Å². The molecule has 0 bridgehead atoms. The normalized spacial score (nSPS) is 15.6. The van der Waals surface area contributed by atoms with Gasteiger partial charge in [-0.2, -0.15) is 5.10 Å². The van der Waals surface area contributed by atoms with E-state index < -0.39 is 0 Å². The summed E-state index contributed by atoms with van der Waals surface area (Å²) in [7, 11) is 3.21. The maximum absolute atomic E-state index is 12.9. The minimum Gasteiger partial charge on any atom is -0.497 e. The molecule has 0 atom stereocenters. The van der Waals surface area contributed by atoms with Crippen LogP contribution in [0.3, 0.4) is 0 Å². The molecule has 0 unspecified atom stereocenters. The summed E-state index contributed by atoms with van der Waals surface area (Å²) >= 11 is 0. The molecule has 4 rings (SSSR count). The Morgan fingerprint density at radius 1 is 1.15 bits per heavy atom. The summed E-state index contributed by atoms with van der Waals surface area (Å²) < 4.78 is 12.3. The molecule has 3 aromatic rings. The predicted molar refractivity (Wildman–Crippen MR) is 100 cm³/mol. The van der Waals surface area contributed by atoms with E-state index in [1.807, 2.05) is 12.1 Å². The van der Waals surface area contributed by atoms with Crippen molar-refractivity contribution in [3.8, 4) is 11.5 Å². The van der Waals surface area contributed by atoms with Gasteiger partial charge in [-0.3, -0.25) is 9.69 Å². The molecular formula is C18H23N5O3. The lowest BCUT2D eigenvalue weighted by molar-refractivity contribution is 0.228. The van der Waals surface area contributed by atoms with Gasteiger partial charge in [0.05, 0.1) is 37.9 Å². The standard InChI is InChI=1S/C18H23N5O3/c1-25-12-9-14-16(15(10-12)26-2)13-11-20-23(18(24)17(13)21-14)8-7-22-5-3-19-4-6-22/h9-11,19,21H,3-8H2,1-2H3. The van der Waals surface area contributed by atoms with Gasteiger partial charge in [-0.25, -0.2) is 4.68 Å². The van der Waals surface area contributed by atoms with Crippen LogP contribution in [0.25, 0.3) is 21.8 Å². The van der Waals surface area contributed by atoms with Crippen molar-refractivity contribution in [2.45, 2.75) is 6.54 Å². The van der Waals surface area contributed by atoms with Gasteiger partial charge in [0.1, 0.15) is 17.0 Å². The molecule has 0 aliphatic carbocycles. The summed E-state index contributed by atoms with van der Waals surface area (Å²) in [5.41, 5.74) is 1.23. The quantitative estimate of drug-likeness (QED) is 0.703. The maximum atomic E-state index is 12.9. The highest BCUT2D eigenvalue weighted by atomic mass is 16.5. The Kier molecular flexibility index (Phi) is 4.52. The van der Waals surface area contributed by atoms with Crippen LogP contribution in [0.15, 0.2) is 23.1 Å². The lowest BCUT2D eigenvalue weighted by atomic mass is 10.2. The van der Waals surface area contributed by atoms with Crippen molar-refractivity contribution in [1.82, 2.24) is 25.0 Å². The fourth-order valence-corrected chi connectivity index (χ4v) is 3.51. The molecule has 1 aromatic carbocycles. The molecule has 0 saturated carbocycles. The van der Waals surface area contributed by atoms with Crippen LogP contribution in [-0.2, 0) is 6.54 Å². The highest BCUT2D eigenvalue weighted by Gasteiger charge is 2.16. The number of hydrogen-bond acceptors (Lipinski definition) is 6. The second-order valence-corrected chi connectivity index (χ2v) is 6.43. The molecular weight excluding hydrogens is 334 g/mol. The number of H-pyrrole nitrogens is 1. The molecule has 2 N–H and O–H groups in total. The van der Waals surface area contributed by atoms with E-state index in [0.29, 0.717) is 23.6 Å². The van der Waals surface area contributed by atoms with Crippen LogP contribution < -0.4 is 20.3 Å². The van der Waals surface area contributed by atoms with Crippen molar-refractivity contribution in [2.75, 3.05) is 46.9 Å². The number of ether oxygens (including phenoxy) is 2. The van der Waals surface area contributed by atoms with Crippen molar-refractivity contribution >= 4 is 21.8 Å². The Morgan fingerprint density at radius 2 is 1.96 bits per heavy atom. The number of fused-ring (bicyclic) bond motifs is 3. The molecule has 138 valence electrons. The first-order chi connectivity index (χ1) is 12.7. The molecule has 8 nitrogen and oxygen atoms in total. The van der Waals surface area contributed by atoms with Crippen LogP contribution in [0, 0.1) is 0 Å². The van der Waals surface area contributed by atoms with E-state index in [4.69, 9.17) is 9.47 Å². The number of piperazine rings is 1. The maximum Gasteiger partial charge on any atom is 0.291 e. The Morgan fingerprint density at radius 3 is 2.69 bits per heavy atom. The molecule has 1 saturated heterocycles. The first-order valence-electron chi connectivity index (χ1n) is 8.78. The molecule has 0 radical (unpaired) electrons. The monoisotopic (exact) mass is 357 g/mol. The van der Waals surface area contributed by atoms with Gasteiger partial charge in [0.15, 0.2) is 0 Å². The molecule has 1 fully saturated rings. The molecule has 0 spiro atoms. The third kappa shape index (κ3) is 2.91. The Balaban J connectivity index is 1.73. The second-order valence-electron chi connectivity index (χ2n) is 6.43. The molecule has 3 heterocycles.